The standard InChI is InChI=1S/C17H21F3N4O/c1-23-15(11-25)21-22-16(23)13-5-3-7-24(10-13)9-12-4-2-6-14(8-12)17(18,19)20/h2,4,6,8,13,25H,3,5,7,9-11H2,1H3/t13-/m0/s1. The van der Waals surface area contributed by atoms with E-state index in [1.165, 1.54) is 12.1 Å². The number of piperidine rings is 1. The molecule has 1 N–H and O–H groups in total. The monoisotopic (exact) mass is 354 g/mol. The lowest BCUT2D eigenvalue weighted by Gasteiger charge is -2.32. The van der Waals surface area contributed by atoms with Gasteiger partial charge in [0.2, 0.25) is 0 Å². The molecule has 0 radical (unpaired) electrons. The van der Waals surface area contributed by atoms with E-state index in [0.29, 0.717) is 24.5 Å². The number of nitrogens with zero attached hydrogens (tertiary/aromatic N) is 4. The van der Waals surface area contributed by atoms with Crippen molar-refractivity contribution < 1.29 is 18.3 Å². The zero-order valence-corrected chi connectivity index (χ0v) is 14.0. The van der Waals surface area contributed by atoms with Gasteiger partial charge in [0.15, 0.2) is 5.82 Å². The van der Waals surface area contributed by atoms with Gasteiger partial charge in [-0.25, -0.2) is 0 Å². The predicted octanol–water partition coefficient (Wildman–Crippen LogP) is 2.71. The highest BCUT2D eigenvalue weighted by Crippen LogP contribution is 2.31. The second-order valence-corrected chi connectivity index (χ2v) is 6.46. The van der Waals surface area contributed by atoms with Crippen LogP contribution in [0.2, 0.25) is 0 Å². The summed E-state index contributed by atoms with van der Waals surface area (Å²) in [7, 11) is 1.83. The van der Waals surface area contributed by atoms with E-state index in [-0.39, 0.29) is 12.5 Å². The summed E-state index contributed by atoms with van der Waals surface area (Å²) in [6.07, 6.45) is -2.42. The second-order valence-electron chi connectivity index (χ2n) is 6.46. The van der Waals surface area contributed by atoms with Crippen molar-refractivity contribution in [2.24, 2.45) is 7.05 Å². The maximum absolute atomic E-state index is 12.9. The zero-order valence-electron chi connectivity index (χ0n) is 14.0. The van der Waals surface area contributed by atoms with Crippen molar-refractivity contribution in [2.75, 3.05) is 13.1 Å². The van der Waals surface area contributed by atoms with Crippen molar-refractivity contribution in [2.45, 2.75) is 38.1 Å². The lowest BCUT2D eigenvalue weighted by molar-refractivity contribution is -0.137. The maximum Gasteiger partial charge on any atom is 0.416 e. The van der Waals surface area contributed by atoms with Crippen molar-refractivity contribution in [3.63, 3.8) is 0 Å². The topological polar surface area (TPSA) is 54.2 Å². The Balaban J connectivity index is 1.71. The number of rotatable bonds is 4. The van der Waals surface area contributed by atoms with Gasteiger partial charge in [-0.15, -0.1) is 10.2 Å². The summed E-state index contributed by atoms with van der Waals surface area (Å²) in [5.74, 6) is 1.50. The minimum atomic E-state index is -4.32. The molecule has 1 aromatic heterocycles. The average molecular weight is 354 g/mol. The molecule has 136 valence electrons. The first-order valence-electron chi connectivity index (χ1n) is 8.26. The SMILES string of the molecule is Cn1c(CO)nnc1[C@H]1CCCN(Cc2cccc(C(F)(F)F)c2)C1. The van der Waals surface area contributed by atoms with Crippen LogP contribution < -0.4 is 0 Å². The molecule has 2 aromatic rings. The van der Waals surface area contributed by atoms with Gasteiger partial charge in [0, 0.05) is 26.1 Å². The van der Waals surface area contributed by atoms with Gasteiger partial charge in [0.05, 0.1) is 5.56 Å². The Kier molecular flexibility index (Phi) is 5.10. The van der Waals surface area contributed by atoms with E-state index >= 15 is 0 Å². The van der Waals surface area contributed by atoms with E-state index in [0.717, 1.165) is 31.3 Å². The van der Waals surface area contributed by atoms with Gasteiger partial charge in [-0.1, -0.05) is 18.2 Å². The van der Waals surface area contributed by atoms with Gasteiger partial charge >= 0.3 is 6.18 Å². The summed E-state index contributed by atoms with van der Waals surface area (Å²) in [6.45, 7) is 1.88. The number of hydrogen-bond acceptors (Lipinski definition) is 4. The van der Waals surface area contributed by atoms with Crippen LogP contribution in [-0.4, -0.2) is 37.9 Å². The molecule has 0 unspecified atom stereocenters. The summed E-state index contributed by atoms with van der Waals surface area (Å²) in [5.41, 5.74) is 0.0453. The fourth-order valence-electron chi connectivity index (χ4n) is 3.38. The molecule has 2 heterocycles. The van der Waals surface area contributed by atoms with Gasteiger partial charge in [-0.2, -0.15) is 13.2 Å². The number of aliphatic hydroxyl groups excluding tert-OH is 1. The Morgan fingerprint density at radius 3 is 2.76 bits per heavy atom. The number of halogens is 3. The smallest absolute Gasteiger partial charge is 0.388 e. The number of hydrogen-bond donors (Lipinski definition) is 1. The quantitative estimate of drug-likeness (QED) is 0.917. The molecule has 0 amide bonds. The van der Waals surface area contributed by atoms with E-state index in [1.54, 1.807) is 10.6 Å². The van der Waals surface area contributed by atoms with Crippen LogP contribution in [0.3, 0.4) is 0 Å². The van der Waals surface area contributed by atoms with E-state index in [1.807, 2.05) is 7.05 Å². The molecule has 1 atom stereocenters. The lowest BCUT2D eigenvalue weighted by atomic mass is 9.96. The first kappa shape index (κ1) is 17.9. The lowest BCUT2D eigenvalue weighted by Crippen LogP contribution is -2.35. The molecule has 0 spiro atoms. The van der Waals surface area contributed by atoms with E-state index in [4.69, 9.17) is 0 Å². The molecule has 1 saturated heterocycles. The van der Waals surface area contributed by atoms with Crippen molar-refractivity contribution in [3.05, 3.63) is 47.0 Å². The Bertz CT molecular complexity index is 729. The molecule has 3 rings (SSSR count). The molecule has 25 heavy (non-hydrogen) atoms. The molecular formula is C17H21F3N4O. The van der Waals surface area contributed by atoms with E-state index in [2.05, 4.69) is 15.1 Å². The predicted molar refractivity (Wildman–Crippen MR) is 85.6 cm³/mol. The van der Waals surface area contributed by atoms with Crippen LogP contribution in [-0.2, 0) is 26.4 Å². The molecule has 1 aliphatic rings. The van der Waals surface area contributed by atoms with Gasteiger partial charge in [-0.05, 0) is 31.0 Å². The number of benzene rings is 1. The number of likely N-dealkylation sites (tertiary alicyclic amines) is 1. The normalized spacial score (nSPS) is 19.3. The Hall–Kier alpha value is -1.93. The van der Waals surface area contributed by atoms with Crippen LogP contribution in [0.5, 0.6) is 0 Å². The molecule has 1 aromatic carbocycles. The third-order valence-corrected chi connectivity index (χ3v) is 4.67. The highest BCUT2D eigenvalue weighted by atomic mass is 19.4. The van der Waals surface area contributed by atoms with Crippen LogP contribution in [0.4, 0.5) is 13.2 Å². The minimum Gasteiger partial charge on any atom is -0.388 e. The van der Waals surface area contributed by atoms with E-state index in [9.17, 15) is 18.3 Å². The van der Waals surface area contributed by atoms with Gasteiger partial charge in [-0.3, -0.25) is 4.90 Å². The Labute approximate surface area is 144 Å². The molecule has 0 aliphatic carbocycles. The largest absolute Gasteiger partial charge is 0.416 e. The van der Waals surface area contributed by atoms with Crippen molar-refractivity contribution in [1.29, 1.82) is 0 Å². The average Bonchev–Trinajstić information content (AvgIpc) is 2.95. The van der Waals surface area contributed by atoms with Gasteiger partial charge in [0.1, 0.15) is 12.4 Å². The summed E-state index contributed by atoms with van der Waals surface area (Å²) in [4.78, 5) is 2.15. The fourth-order valence-corrected chi connectivity index (χ4v) is 3.38. The number of aromatic nitrogens is 3. The molecular weight excluding hydrogens is 333 g/mol. The van der Waals surface area contributed by atoms with Crippen LogP contribution >= 0.6 is 0 Å². The van der Waals surface area contributed by atoms with Crippen LogP contribution in [0.1, 0.15) is 41.5 Å². The maximum atomic E-state index is 12.9. The summed E-state index contributed by atoms with van der Waals surface area (Å²) in [5, 5.41) is 17.4. The summed E-state index contributed by atoms with van der Waals surface area (Å²) in [6, 6.07) is 5.50. The third-order valence-electron chi connectivity index (χ3n) is 4.67. The fraction of sp³-hybridized carbons (Fsp3) is 0.529. The minimum absolute atomic E-state index is 0.163. The van der Waals surface area contributed by atoms with Crippen molar-refractivity contribution in [3.8, 4) is 0 Å². The van der Waals surface area contributed by atoms with Crippen LogP contribution in [0.25, 0.3) is 0 Å². The van der Waals surface area contributed by atoms with E-state index < -0.39 is 11.7 Å². The summed E-state index contributed by atoms with van der Waals surface area (Å²) < 4.78 is 40.4. The second kappa shape index (κ2) is 7.13. The number of alkyl halides is 3. The first-order valence-corrected chi connectivity index (χ1v) is 8.26. The molecule has 1 fully saturated rings. The highest BCUT2D eigenvalue weighted by molar-refractivity contribution is 5.25. The zero-order chi connectivity index (χ0) is 18.0. The molecule has 5 nitrogen and oxygen atoms in total. The Morgan fingerprint density at radius 1 is 1.28 bits per heavy atom. The van der Waals surface area contributed by atoms with Gasteiger partial charge < -0.3 is 9.67 Å². The highest BCUT2D eigenvalue weighted by Gasteiger charge is 2.31. The Morgan fingerprint density at radius 2 is 2.08 bits per heavy atom. The molecule has 0 bridgehead atoms. The third kappa shape index (κ3) is 4.01. The first-order chi connectivity index (χ1) is 11.9. The summed E-state index contributed by atoms with van der Waals surface area (Å²) >= 11 is 0. The van der Waals surface area contributed by atoms with Gasteiger partial charge in [0.25, 0.3) is 0 Å². The van der Waals surface area contributed by atoms with Crippen molar-refractivity contribution in [1.82, 2.24) is 19.7 Å². The number of aliphatic hydroxyl groups is 1. The van der Waals surface area contributed by atoms with Crippen molar-refractivity contribution >= 4 is 0 Å². The van der Waals surface area contributed by atoms with Crippen LogP contribution in [0.15, 0.2) is 24.3 Å². The molecule has 8 heteroatoms. The van der Waals surface area contributed by atoms with Crippen LogP contribution in [0, 0.1) is 0 Å². The molecule has 1 aliphatic heterocycles. The molecule has 0 saturated carbocycles.